The van der Waals surface area contributed by atoms with E-state index in [1.54, 1.807) is 0 Å². The van der Waals surface area contributed by atoms with Crippen molar-refractivity contribution in [2.45, 2.75) is 39.7 Å². The quantitative estimate of drug-likeness (QED) is 0.809. The van der Waals surface area contributed by atoms with Crippen LogP contribution in [0, 0.1) is 16.7 Å². The van der Waals surface area contributed by atoms with E-state index in [1.165, 1.54) is 7.11 Å². The maximum Gasteiger partial charge on any atom is 0.440 e. The normalized spacial score (nSPS) is 35.9. The second kappa shape index (κ2) is 3.49. The van der Waals surface area contributed by atoms with Crippen molar-refractivity contribution in [2.75, 3.05) is 7.11 Å². The van der Waals surface area contributed by atoms with Gasteiger partial charge in [-0.05, 0) is 24.2 Å². The molecule has 2 aliphatic carbocycles. The van der Waals surface area contributed by atoms with E-state index < -0.39 is 11.8 Å². The van der Waals surface area contributed by atoms with Crippen LogP contribution in [0.25, 0.3) is 0 Å². The average molecular weight is 266 g/mol. The van der Waals surface area contributed by atoms with Crippen LogP contribution in [0.3, 0.4) is 0 Å². The topological polar surface area (TPSA) is 74.3 Å². The molecule has 0 aliphatic heterocycles. The van der Waals surface area contributed by atoms with Crippen LogP contribution in [0.5, 0.6) is 6.08 Å². The molecule has 0 radical (unpaired) electrons. The van der Waals surface area contributed by atoms with Crippen molar-refractivity contribution in [3.8, 4) is 6.08 Å². The van der Waals surface area contributed by atoms with E-state index >= 15 is 0 Å². The second-order valence-corrected chi connectivity index (χ2v) is 6.29. The van der Waals surface area contributed by atoms with Gasteiger partial charge in [0, 0.05) is 5.41 Å². The molecule has 0 spiro atoms. The highest BCUT2D eigenvalue weighted by Gasteiger charge is 2.67. The highest BCUT2D eigenvalue weighted by molar-refractivity contribution is 5.92. The fourth-order valence-corrected chi connectivity index (χ4v) is 3.85. The molecular formula is C13H18N2O4. The summed E-state index contributed by atoms with van der Waals surface area (Å²) in [5.74, 6) is -0.411. The van der Waals surface area contributed by atoms with Crippen LogP contribution in [0.15, 0.2) is 9.21 Å². The van der Waals surface area contributed by atoms with Crippen LogP contribution in [-0.2, 0) is 4.79 Å². The van der Waals surface area contributed by atoms with Gasteiger partial charge in [-0.2, -0.15) is 4.68 Å². The minimum Gasteiger partial charge on any atom is -0.452 e. The lowest BCUT2D eigenvalue weighted by Gasteiger charge is -2.31. The molecule has 0 N–H and O–H groups in total. The van der Waals surface area contributed by atoms with E-state index in [4.69, 9.17) is 9.15 Å². The van der Waals surface area contributed by atoms with E-state index in [9.17, 15) is 9.59 Å². The van der Waals surface area contributed by atoms with Gasteiger partial charge in [-0.15, -0.1) is 0 Å². The summed E-state index contributed by atoms with van der Waals surface area (Å²) in [5.41, 5.74) is -0.506. The summed E-state index contributed by atoms with van der Waals surface area (Å²) in [6, 6.07) is -0.520. The van der Waals surface area contributed by atoms with E-state index in [0.717, 1.165) is 17.5 Å². The fourth-order valence-electron chi connectivity index (χ4n) is 3.85. The fraction of sp³-hybridized carbons (Fsp3) is 0.769. The Morgan fingerprint density at radius 2 is 2.05 bits per heavy atom. The Balaban J connectivity index is 2.11. The number of aromatic nitrogens is 2. The number of Topliss-reactive ketones (excluding diaryl/α,β-unsaturated/α-hetero) is 1. The predicted molar refractivity (Wildman–Crippen MR) is 66.0 cm³/mol. The van der Waals surface area contributed by atoms with Gasteiger partial charge in [0.15, 0.2) is 5.78 Å². The summed E-state index contributed by atoms with van der Waals surface area (Å²) < 4.78 is 10.8. The van der Waals surface area contributed by atoms with Gasteiger partial charge in [0.25, 0.3) is 0 Å². The molecule has 1 aromatic heterocycles. The van der Waals surface area contributed by atoms with Gasteiger partial charge < -0.3 is 9.15 Å². The van der Waals surface area contributed by atoms with Crippen LogP contribution in [-0.4, -0.2) is 22.7 Å². The zero-order valence-corrected chi connectivity index (χ0v) is 11.6. The van der Waals surface area contributed by atoms with Crippen molar-refractivity contribution in [1.82, 2.24) is 9.78 Å². The van der Waals surface area contributed by atoms with Crippen LogP contribution in [0.1, 0.15) is 39.7 Å². The molecular weight excluding hydrogens is 248 g/mol. The number of hydrogen-bond donors (Lipinski definition) is 0. The van der Waals surface area contributed by atoms with Gasteiger partial charge in [0.2, 0.25) is 0 Å². The summed E-state index contributed by atoms with van der Waals surface area (Å²) in [6.07, 6.45) is 1.72. The standard InChI is InChI=1S/C13H18N2O4/c1-12(2)7-5-6-13(12,3)9(16)8(7)15-11(17)19-10(14-15)18-4/h7-8H,5-6H2,1-4H3/t7-,8+,13+/m1/s1. The summed E-state index contributed by atoms with van der Waals surface area (Å²) >= 11 is 0. The number of methoxy groups -OCH3 is 1. The summed E-state index contributed by atoms with van der Waals surface area (Å²) in [4.78, 5) is 24.5. The number of rotatable bonds is 2. The first-order chi connectivity index (χ1) is 8.83. The zero-order chi connectivity index (χ0) is 14.0. The monoisotopic (exact) mass is 266 g/mol. The number of carbonyl (C=O) groups excluding carboxylic acids is 1. The highest BCUT2D eigenvalue weighted by atomic mass is 16.6. The number of hydrogen-bond acceptors (Lipinski definition) is 5. The van der Waals surface area contributed by atoms with Crippen molar-refractivity contribution in [3.63, 3.8) is 0 Å². The Bertz CT molecular complexity index is 600. The molecule has 0 unspecified atom stereocenters. The Kier molecular flexibility index (Phi) is 2.29. The highest BCUT2D eigenvalue weighted by Crippen LogP contribution is 2.66. The first kappa shape index (κ1) is 12.4. The molecule has 3 atom stereocenters. The van der Waals surface area contributed by atoms with Crippen molar-refractivity contribution in [1.29, 1.82) is 0 Å². The van der Waals surface area contributed by atoms with E-state index in [2.05, 4.69) is 18.9 Å². The van der Waals surface area contributed by atoms with Gasteiger partial charge in [-0.25, -0.2) is 4.79 Å². The number of fused-ring (bicyclic) bond motifs is 2. The Labute approximate surface area is 110 Å². The molecule has 2 fully saturated rings. The summed E-state index contributed by atoms with van der Waals surface area (Å²) in [7, 11) is 1.38. The minimum atomic E-state index is -0.623. The van der Waals surface area contributed by atoms with Gasteiger partial charge in [-0.1, -0.05) is 25.9 Å². The molecule has 0 amide bonds. The number of ether oxygens (including phenoxy) is 1. The zero-order valence-electron chi connectivity index (χ0n) is 11.6. The molecule has 1 aromatic rings. The van der Waals surface area contributed by atoms with Crippen LogP contribution < -0.4 is 10.5 Å². The number of carbonyl (C=O) groups is 1. The molecule has 2 saturated carbocycles. The van der Waals surface area contributed by atoms with E-state index in [-0.39, 0.29) is 28.6 Å². The number of ketones is 1. The molecule has 0 aromatic carbocycles. The molecule has 19 heavy (non-hydrogen) atoms. The first-order valence-corrected chi connectivity index (χ1v) is 6.51. The lowest BCUT2D eigenvalue weighted by Crippen LogP contribution is -2.36. The van der Waals surface area contributed by atoms with Crippen LogP contribution in [0.4, 0.5) is 0 Å². The van der Waals surface area contributed by atoms with E-state index in [0.29, 0.717) is 0 Å². The number of nitrogens with zero attached hydrogens (tertiary/aromatic N) is 2. The van der Waals surface area contributed by atoms with Crippen LogP contribution in [0.2, 0.25) is 0 Å². The maximum atomic E-state index is 12.7. The Hall–Kier alpha value is -1.59. The third-order valence-corrected chi connectivity index (χ3v) is 5.49. The third-order valence-electron chi connectivity index (χ3n) is 5.49. The molecule has 0 saturated heterocycles. The van der Waals surface area contributed by atoms with Crippen molar-refractivity contribution < 1.29 is 13.9 Å². The average Bonchev–Trinajstić information content (AvgIpc) is 2.87. The molecule has 3 rings (SSSR count). The lowest BCUT2D eigenvalue weighted by molar-refractivity contribution is -0.131. The summed E-state index contributed by atoms with van der Waals surface area (Å²) in [5, 5.41) is 3.97. The molecule has 2 aliphatic rings. The largest absolute Gasteiger partial charge is 0.452 e. The molecule has 2 bridgehead atoms. The third kappa shape index (κ3) is 1.29. The SMILES string of the molecule is COc1nn([C@@H]2C(=O)[C@]3(C)CC[C@H]2C3(C)C)c(=O)o1. The second-order valence-electron chi connectivity index (χ2n) is 6.29. The summed E-state index contributed by atoms with van der Waals surface area (Å²) in [6.45, 7) is 6.20. The maximum absolute atomic E-state index is 12.7. The van der Waals surface area contributed by atoms with Gasteiger partial charge in [-0.3, -0.25) is 4.79 Å². The lowest BCUT2D eigenvalue weighted by atomic mass is 9.70. The van der Waals surface area contributed by atoms with Gasteiger partial charge >= 0.3 is 11.8 Å². The predicted octanol–water partition coefficient (Wildman–Crippen LogP) is 1.41. The van der Waals surface area contributed by atoms with Gasteiger partial charge in [0.1, 0.15) is 6.04 Å². The van der Waals surface area contributed by atoms with Crippen molar-refractivity contribution >= 4 is 5.78 Å². The van der Waals surface area contributed by atoms with Crippen molar-refractivity contribution in [2.24, 2.45) is 16.7 Å². The molecule has 104 valence electrons. The molecule has 6 heteroatoms. The molecule has 1 heterocycles. The first-order valence-electron chi connectivity index (χ1n) is 6.51. The van der Waals surface area contributed by atoms with Gasteiger partial charge in [0.05, 0.1) is 7.11 Å². The van der Waals surface area contributed by atoms with Crippen molar-refractivity contribution in [3.05, 3.63) is 10.6 Å². The smallest absolute Gasteiger partial charge is 0.440 e. The van der Waals surface area contributed by atoms with E-state index in [1.807, 2.05) is 6.92 Å². The Morgan fingerprint density at radius 1 is 1.37 bits per heavy atom. The van der Waals surface area contributed by atoms with Crippen LogP contribution >= 0.6 is 0 Å². The minimum absolute atomic E-state index is 0.0896. The Morgan fingerprint density at radius 3 is 2.53 bits per heavy atom. The molecule has 6 nitrogen and oxygen atoms in total.